The number of ether oxygens (including phenoxy) is 1. The Morgan fingerprint density at radius 2 is 1.74 bits per heavy atom. The molecule has 0 saturated carbocycles. The van der Waals surface area contributed by atoms with Gasteiger partial charge in [-0.1, -0.05) is 65.8 Å². The van der Waals surface area contributed by atoms with E-state index in [9.17, 15) is 9.59 Å². The van der Waals surface area contributed by atoms with Gasteiger partial charge in [-0.15, -0.1) is 0 Å². The van der Waals surface area contributed by atoms with Crippen molar-refractivity contribution in [3.05, 3.63) is 90.6 Å². The van der Waals surface area contributed by atoms with Crippen molar-refractivity contribution in [2.75, 3.05) is 18.6 Å². The molecule has 4 aromatic rings. The van der Waals surface area contributed by atoms with E-state index >= 15 is 0 Å². The SMILES string of the molecule is COc1cccc(N2CC(C(=O)NCc3cc(-c4ccc(-c5ccccc5)cc4)on3)CC2=O)c1. The van der Waals surface area contributed by atoms with Gasteiger partial charge in [0, 0.05) is 36.3 Å². The van der Waals surface area contributed by atoms with Gasteiger partial charge < -0.3 is 19.5 Å². The normalized spacial score (nSPS) is 15.3. The van der Waals surface area contributed by atoms with Crippen molar-refractivity contribution in [2.24, 2.45) is 5.92 Å². The summed E-state index contributed by atoms with van der Waals surface area (Å²) < 4.78 is 10.7. The zero-order valence-electron chi connectivity index (χ0n) is 19.3. The van der Waals surface area contributed by atoms with Crippen LogP contribution in [0.4, 0.5) is 5.69 Å². The van der Waals surface area contributed by atoms with Crippen molar-refractivity contribution in [2.45, 2.75) is 13.0 Å². The number of methoxy groups -OCH3 is 1. The summed E-state index contributed by atoms with van der Waals surface area (Å²) in [7, 11) is 1.58. The van der Waals surface area contributed by atoms with Crippen LogP contribution < -0.4 is 15.0 Å². The molecule has 1 unspecified atom stereocenters. The molecule has 1 N–H and O–H groups in total. The van der Waals surface area contributed by atoms with E-state index < -0.39 is 5.92 Å². The Bertz CT molecular complexity index is 1330. The summed E-state index contributed by atoms with van der Waals surface area (Å²) in [5.41, 5.74) is 4.52. The third kappa shape index (κ3) is 4.94. The molecule has 0 spiro atoms. The molecule has 1 aromatic heterocycles. The highest BCUT2D eigenvalue weighted by Gasteiger charge is 2.35. The Hall–Kier alpha value is -4.39. The van der Waals surface area contributed by atoms with E-state index in [0.717, 1.165) is 22.4 Å². The Labute approximate surface area is 203 Å². The molecule has 0 aliphatic carbocycles. The third-order valence-electron chi connectivity index (χ3n) is 6.14. The van der Waals surface area contributed by atoms with Crippen LogP contribution >= 0.6 is 0 Å². The first-order valence-corrected chi connectivity index (χ1v) is 11.4. The highest BCUT2D eigenvalue weighted by Crippen LogP contribution is 2.28. The van der Waals surface area contributed by atoms with Gasteiger partial charge in [-0.3, -0.25) is 9.59 Å². The second kappa shape index (κ2) is 9.85. The average Bonchev–Trinajstić information content (AvgIpc) is 3.55. The van der Waals surface area contributed by atoms with Gasteiger partial charge in [0.1, 0.15) is 11.4 Å². The predicted molar refractivity (Wildman–Crippen MR) is 133 cm³/mol. The van der Waals surface area contributed by atoms with Crippen LogP contribution in [-0.2, 0) is 16.1 Å². The second-order valence-corrected chi connectivity index (χ2v) is 8.45. The standard InChI is InChI=1S/C28H25N3O4/c1-34-25-9-5-8-24(16-25)31-18-22(14-27(31)32)28(33)29-17-23-15-26(35-30-23)21-12-10-20(11-13-21)19-6-3-2-4-7-19/h2-13,15-16,22H,14,17-18H2,1H3,(H,29,33). The number of anilines is 1. The van der Waals surface area contributed by atoms with Crippen molar-refractivity contribution < 1.29 is 18.8 Å². The summed E-state index contributed by atoms with van der Waals surface area (Å²) in [6.07, 6.45) is 0.168. The summed E-state index contributed by atoms with van der Waals surface area (Å²) in [5, 5.41) is 6.97. The van der Waals surface area contributed by atoms with Gasteiger partial charge in [-0.2, -0.15) is 0 Å². The minimum absolute atomic E-state index is 0.0823. The summed E-state index contributed by atoms with van der Waals surface area (Å²) in [6, 6.07) is 27.3. The minimum Gasteiger partial charge on any atom is -0.497 e. The van der Waals surface area contributed by atoms with Crippen LogP contribution in [0, 0.1) is 5.92 Å². The monoisotopic (exact) mass is 467 g/mol. The number of nitrogens with one attached hydrogen (secondary N) is 1. The smallest absolute Gasteiger partial charge is 0.227 e. The quantitative estimate of drug-likeness (QED) is 0.426. The lowest BCUT2D eigenvalue weighted by Gasteiger charge is -2.17. The van der Waals surface area contributed by atoms with E-state index in [1.54, 1.807) is 18.1 Å². The molecular weight excluding hydrogens is 442 g/mol. The third-order valence-corrected chi connectivity index (χ3v) is 6.14. The molecule has 1 atom stereocenters. The summed E-state index contributed by atoms with van der Waals surface area (Å²) >= 11 is 0. The fourth-order valence-electron chi connectivity index (χ4n) is 4.22. The Morgan fingerprint density at radius 3 is 2.51 bits per heavy atom. The number of carbonyl (C=O) groups is 2. The number of amides is 2. The van der Waals surface area contributed by atoms with Crippen LogP contribution in [0.5, 0.6) is 5.75 Å². The molecule has 1 fully saturated rings. The van der Waals surface area contributed by atoms with E-state index in [2.05, 4.69) is 22.6 Å². The first-order valence-electron chi connectivity index (χ1n) is 11.4. The maximum absolute atomic E-state index is 12.7. The van der Waals surface area contributed by atoms with Gasteiger partial charge in [0.25, 0.3) is 0 Å². The zero-order valence-corrected chi connectivity index (χ0v) is 19.3. The van der Waals surface area contributed by atoms with E-state index in [4.69, 9.17) is 9.26 Å². The van der Waals surface area contributed by atoms with E-state index in [1.807, 2.05) is 66.7 Å². The van der Waals surface area contributed by atoms with Crippen molar-refractivity contribution in [1.82, 2.24) is 10.5 Å². The molecule has 176 valence electrons. The van der Waals surface area contributed by atoms with Gasteiger partial charge in [0.2, 0.25) is 11.8 Å². The molecule has 0 bridgehead atoms. The molecule has 2 amide bonds. The van der Waals surface area contributed by atoms with Crippen LogP contribution in [0.3, 0.4) is 0 Å². The number of hydrogen-bond acceptors (Lipinski definition) is 5. The molecule has 5 rings (SSSR count). The first kappa shape index (κ1) is 22.4. The molecule has 7 nitrogen and oxygen atoms in total. The molecule has 35 heavy (non-hydrogen) atoms. The van der Waals surface area contributed by atoms with Crippen LogP contribution in [-0.4, -0.2) is 30.6 Å². The van der Waals surface area contributed by atoms with Crippen LogP contribution in [0.1, 0.15) is 12.1 Å². The van der Waals surface area contributed by atoms with Gasteiger partial charge in [0.15, 0.2) is 5.76 Å². The van der Waals surface area contributed by atoms with Crippen molar-refractivity contribution in [3.8, 4) is 28.2 Å². The lowest BCUT2D eigenvalue weighted by molar-refractivity contribution is -0.126. The van der Waals surface area contributed by atoms with Crippen molar-refractivity contribution in [3.63, 3.8) is 0 Å². The fourth-order valence-corrected chi connectivity index (χ4v) is 4.22. The van der Waals surface area contributed by atoms with Crippen molar-refractivity contribution in [1.29, 1.82) is 0 Å². The second-order valence-electron chi connectivity index (χ2n) is 8.45. The molecule has 1 aliphatic heterocycles. The van der Waals surface area contributed by atoms with Gasteiger partial charge in [-0.25, -0.2) is 0 Å². The summed E-state index contributed by atoms with van der Waals surface area (Å²) in [6.45, 7) is 0.559. The molecule has 1 aliphatic rings. The van der Waals surface area contributed by atoms with Crippen LogP contribution in [0.15, 0.2) is 89.5 Å². The average molecular weight is 468 g/mol. The van der Waals surface area contributed by atoms with Gasteiger partial charge in [-0.05, 0) is 23.3 Å². The largest absolute Gasteiger partial charge is 0.497 e. The highest BCUT2D eigenvalue weighted by molar-refractivity contribution is 6.00. The van der Waals surface area contributed by atoms with Crippen molar-refractivity contribution >= 4 is 17.5 Å². The molecular formula is C28H25N3O4. The Balaban J connectivity index is 1.18. The number of aromatic nitrogens is 1. The fraction of sp³-hybridized carbons (Fsp3) is 0.179. The molecule has 0 radical (unpaired) electrons. The van der Waals surface area contributed by atoms with Crippen LogP contribution in [0.25, 0.3) is 22.5 Å². The Morgan fingerprint density at radius 1 is 1.00 bits per heavy atom. The first-order chi connectivity index (χ1) is 17.1. The summed E-state index contributed by atoms with van der Waals surface area (Å²) in [5.74, 6) is 0.612. The molecule has 3 aromatic carbocycles. The number of nitrogens with zero attached hydrogens (tertiary/aromatic N) is 2. The predicted octanol–water partition coefficient (Wildman–Crippen LogP) is 4.69. The molecule has 7 heteroatoms. The minimum atomic E-state index is -0.425. The lowest BCUT2D eigenvalue weighted by atomic mass is 10.0. The lowest BCUT2D eigenvalue weighted by Crippen LogP contribution is -2.32. The van der Waals surface area contributed by atoms with Gasteiger partial charge in [0.05, 0.1) is 19.6 Å². The topological polar surface area (TPSA) is 84.7 Å². The number of benzene rings is 3. The summed E-state index contributed by atoms with van der Waals surface area (Å²) in [4.78, 5) is 26.9. The maximum atomic E-state index is 12.7. The molecule has 1 saturated heterocycles. The van der Waals surface area contributed by atoms with Crippen LogP contribution in [0.2, 0.25) is 0 Å². The van der Waals surface area contributed by atoms with Gasteiger partial charge >= 0.3 is 0 Å². The number of rotatable bonds is 7. The highest BCUT2D eigenvalue weighted by atomic mass is 16.5. The van der Waals surface area contributed by atoms with E-state index in [1.165, 1.54) is 0 Å². The Kier molecular flexibility index (Phi) is 6.30. The number of carbonyl (C=O) groups excluding carboxylic acids is 2. The van der Waals surface area contributed by atoms with E-state index in [0.29, 0.717) is 23.7 Å². The maximum Gasteiger partial charge on any atom is 0.227 e. The van der Waals surface area contributed by atoms with E-state index in [-0.39, 0.29) is 24.8 Å². The zero-order chi connectivity index (χ0) is 24.2. The molecule has 2 heterocycles. The number of hydrogen-bond donors (Lipinski definition) is 1.